The Balaban J connectivity index is 1.14. The zero-order chi connectivity index (χ0) is 28.2. The summed E-state index contributed by atoms with van der Waals surface area (Å²) >= 11 is 0. The van der Waals surface area contributed by atoms with Crippen molar-refractivity contribution in [1.82, 2.24) is 15.1 Å². The van der Waals surface area contributed by atoms with E-state index in [4.69, 9.17) is 4.74 Å². The third-order valence-corrected chi connectivity index (χ3v) is 10.1. The molecule has 2 aromatic rings. The zero-order valence-corrected chi connectivity index (χ0v) is 24.2. The summed E-state index contributed by atoms with van der Waals surface area (Å²) in [6.45, 7) is 5.16. The van der Waals surface area contributed by atoms with Gasteiger partial charge in [-0.25, -0.2) is 8.42 Å². The fraction of sp³-hybridized carbons (Fsp3) is 0.548. The van der Waals surface area contributed by atoms with Gasteiger partial charge in [-0.2, -0.15) is 0 Å². The predicted molar refractivity (Wildman–Crippen MR) is 153 cm³/mol. The summed E-state index contributed by atoms with van der Waals surface area (Å²) in [4.78, 5) is 31.2. The number of carbonyl (C=O) groups is 2. The van der Waals surface area contributed by atoms with E-state index in [0.29, 0.717) is 24.7 Å². The average Bonchev–Trinajstić information content (AvgIpc) is 3.26. The van der Waals surface area contributed by atoms with E-state index in [0.717, 1.165) is 75.8 Å². The molecule has 2 amide bonds. The molecule has 0 saturated carbocycles. The fourth-order valence-corrected chi connectivity index (χ4v) is 6.97. The number of nitrogens with zero attached hydrogens (tertiary/aromatic N) is 2. The van der Waals surface area contributed by atoms with Crippen molar-refractivity contribution in [2.45, 2.75) is 56.0 Å². The van der Waals surface area contributed by atoms with Crippen LogP contribution in [0.15, 0.2) is 59.5 Å². The summed E-state index contributed by atoms with van der Waals surface area (Å²) in [6, 6.07) is 17.0. The van der Waals surface area contributed by atoms with Gasteiger partial charge in [-0.3, -0.25) is 9.59 Å². The van der Waals surface area contributed by atoms with Crippen LogP contribution in [0.25, 0.3) is 0 Å². The van der Waals surface area contributed by atoms with Crippen LogP contribution in [0.2, 0.25) is 0 Å². The SMILES string of the molecule is CS(=O)(=O)c1ccc(CN2CCC3(CCN(CC[C@H](NC(=O)C4CCOCC4)c4ccccc4)CC3)C2=O)cc1. The van der Waals surface area contributed by atoms with E-state index in [1.807, 2.05) is 23.1 Å². The Bertz CT molecular complexity index is 1270. The van der Waals surface area contributed by atoms with Crippen LogP contribution in [0.1, 0.15) is 55.7 Å². The first-order valence-corrected chi connectivity index (χ1v) is 16.4. The molecule has 0 aromatic heterocycles. The lowest BCUT2D eigenvalue weighted by molar-refractivity contribution is -0.139. The van der Waals surface area contributed by atoms with E-state index in [-0.39, 0.29) is 29.2 Å². The molecule has 0 radical (unpaired) electrons. The third kappa shape index (κ3) is 6.75. The van der Waals surface area contributed by atoms with Crippen LogP contribution in [-0.2, 0) is 30.7 Å². The molecule has 0 bridgehead atoms. The van der Waals surface area contributed by atoms with Gasteiger partial charge in [0, 0.05) is 45.0 Å². The van der Waals surface area contributed by atoms with Crippen molar-refractivity contribution < 1.29 is 22.7 Å². The highest BCUT2D eigenvalue weighted by Gasteiger charge is 2.47. The van der Waals surface area contributed by atoms with Crippen molar-refractivity contribution in [3.05, 3.63) is 65.7 Å². The highest BCUT2D eigenvalue weighted by molar-refractivity contribution is 7.90. The van der Waals surface area contributed by atoms with Gasteiger partial charge < -0.3 is 19.9 Å². The number of carbonyl (C=O) groups excluding carboxylic acids is 2. The van der Waals surface area contributed by atoms with Crippen LogP contribution < -0.4 is 5.32 Å². The molecule has 3 heterocycles. The molecule has 1 spiro atoms. The van der Waals surface area contributed by atoms with Gasteiger partial charge in [0.2, 0.25) is 11.8 Å². The van der Waals surface area contributed by atoms with Crippen LogP contribution in [0.4, 0.5) is 0 Å². The van der Waals surface area contributed by atoms with E-state index in [9.17, 15) is 18.0 Å². The molecule has 3 aliphatic heterocycles. The number of likely N-dealkylation sites (tertiary alicyclic amines) is 2. The molecule has 1 atom stereocenters. The Morgan fingerprint density at radius 3 is 2.30 bits per heavy atom. The molecule has 0 aliphatic carbocycles. The Kier molecular flexibility index (Phi) is 8.92. The van der Waals surface area contributed by atoms with Crippen LogP contribution in [0, 0.1) is 11.3 Å². The van der Waals surface area contributed by atoms with E-state index in [1.54, 1.807) is 24.3 Å². The second kappa shape index (κ2) is 12.4. The monoisotopic (exact) mass is 567 g/mol. The molecule has 9 heteroatoms. The maximum atomic E-state index is 13.5. The number of ether oxygens (including phenoxy) is 1. The summed E-state index contributed by atoms with van der Waals surface area (Å²) < 4.78 is 28.9. The minimum Gasteiger partial charge on any atom is -0.381 e. The van der Waals surface area contributed by atoms with Crippen molar-refractivity contribution in [3.63, 3.8) is 0 Å². The predicted octanol–water partition coefficient (Wildman–Crippen LogP) is 3.58. The molecule has 3 saturated heterocycles. The van der Waals surface area contributed by atoms with Crippen molar-refractivity contribution in [1.29, 1.82) is 0 Å². The molecule has 40 heavy (non-hydrogen) atoms. The smallest absolute Gasteiger partial charge is 0.229 e. The first kappa shape index (κ1) is 28.8. The standard InChI is InChI=1S/C31H41N3O5S/c1-40(37,38)27-9-7-24(8-10-27)23-34-20-16-31(30(34)36)14-18-33(19-15-31)17-11-28(25-5-3-2-4-6-25)32-29(35)26-12-21-39-22-13-26/h2-10,26,28H,11-23H2,1H3,(H,32,35)/t28-/m0/s1. The highest BCUT2D eigenvalue weighted by Crippen LogP contribution is 2.42. The van der Waals surface area contributed by atoms with Crippen LogP contribution in [-0.4, -0.2) is 75.7 Å². The Hall–Kier alpha value is -2.75. The van der Waals surface area contributed by atoms with E-state index in [1.165, 1.54) is 6.26 Å². The van der Waals surface area contributed by atoms with E-state index >= 15 is 0 Å². The summed E-state index contributed by atoms with van der Waals surface area (Å²) in [5.41, 5.74) is 1.78. The fourth-order valence-electron chi connectivity index (χ4n) is 6.34. The number of amides is 2. The van der Waals surface area contributed by atoms with Gasteiger partial charge in [0.25, 0.3) is 0 Å². The van der Waals surface area contributed by atoms with Crippen LogP contribution in [0.5, 0.6) is 0 Å². The zero-order valence-electron chi connectivity index (χ0n) is 23.4. The first-order valence-electron chi connectivity index (χ1n) is 14.5. The molecule has 8 nitrogen and oxygen atoms in total. The minimum atomic E-state index is -3.23. The molecule has 3 fully saturated rings. The molecule has 3 aliphatic rings. The Morgan fingerprint density at radius 2 is 1.65 bits per heavy atom. The molecule has 2 aromatic carbocycles. The minimum absolute atomic E-state index is 0.0174. The van der Waals surface area contributed by atoms with E-state index in [2.05, 4.69) is 22.3 Å². The molecular weight excluding hydrogens is 526 g/mol. The van der Waals surface area contributed by atoms with Crippen molar-refractivity contribution in [3.8, 4) is 0 Å². The van der Waals surface area contributed by atoms with Gasteiger partial charge >= 0.3 is 0 Å². The number of benzene rings is 2. The van der Waals surface area contributed by atoms with Crippen molar-refractivity contribution in [2.24, 2.45) is 11.3 Å². The Labute approximate surface area is 238 Å². The number of sulfone groups is 1. The lowest BCUT2D eigenvalue weighted by Gasteiger charge is -2.38. The maximum Gasteiger partial charge on any atom is 0.229 e. The van der Waals surface area contributed by atoms with Gasteiger partial charge in [-0.1, -0.05) is 42.5 Å². The second-order valence-electron chi connectivity index (χ2n) is 11.7. The lowest BCUT2D eigenvalue weighted by atomic mass is 9.77. The second-order valence-corrected chi connectivity index (χ2v) is 13.7. The topological polar surface area (TPSA) is 96.0 Å². The average molecular weight is 568 g/mol. The number of rotatable bonds is 9. The summed E-state index contributed by atoms with van der Waals surface area (Å²) in [7, 11) is -3.23. The lowest BCUT2D eigenvalue weighted by Crippen LogP contribution is -2.45. The van der Waals surface area contributed by atoms with Gasteiger partial charge in [0.1, 0.15) is 0 Å². The molecule has 1 N–H and O–H groups in total. The van der Waals surface area contributed by atoms with E-state index < -0.39 is 9.84 Å². The van der Waals surface area contributed by atoms with Crippen LogP contribution >= 0.6 is 0 Å². The first-order chi connectivity index (χ1) is 19.2. The van der Waals surface area contributed by atoms with Crippen LogP contribution in [0.3, 0.4) is 0 Å². The maximum absolute atomic E-state index is 13.5. The highest BCUT2D eigenvalue weighted by atomic mass is 32.2. The largest absolute Gasteiger partial charge is 0.381 e. The summed E-state index contributed by atoms with van der Waals surface area (Å²) in [5, 5.41) is 3.32. The molecule has 5 rings (SSSR count). The summed E-state index contributed by atoms with van der Waals surface area (Å²) in [5.74, 6) is 0.367. The normalized spacial score (nSPS) is 21.0. The van der Waals surface area contributed by atoms with Gasteiger partial charge in [0.05, 0.1) is 16.4 Å². The number of piperidine rings is 1. The molecule has 216 valence electrons. The summed E-state index contributed by atoms with van der Waals surface area (Å²) in [6.07, 6.45) is 6.15. The number of hydrogen-bond acceptors (Lipinski definition) is 6. The van der Waals surface area contributed by atoms with Crippen molar-refractivity contribution >= 4 is 21.7 Å². The quantitative estimate of drug-likeness (QED) is 0.498. The van der Waals surface area contributed by atoms with Gasteiger partial charge in [0.15, 0.2) is 9.84 Å². The number of nitrogens with one attached hydrogen (secondary N) is 1. The van der Waals surface area contributed by atoms with Crippen molar-refractivity contribution in [2.75, 3.05) is 45.6 Å². The van der Waals surface area contributed by atoms with Gasteiger partial charge in [-0.05, 0) is 74.9 Å². The van der Waals surface area contributed by atoms with Gasteiger partial charge in [-0.15, -0.1) is 0 Å². The number of hydrogen-bond donors (Lipinski definition) is 1. The molecule has 0 unspecified atom stereocenters. The third-order valence-electron chi connectivity index (χ3n) is 8.98. The Morgan fingerprint density at radius 1 is 1.00 bits per heavy atom. The molecular formula is C31H41N3O5S.